The van der Waals surface area contributed by atoms with Gasteiger partial charge in [-0.05, 0) is 31.5 Å². The number of hydrogen-bond acceptors (Lipinski definition) is 3. The standard InChI is InChI=1S/C11H15N3O/c1-15-8-4-5-9-10(3-2-6-12)13-14-11(9)7-8/h4-5,7H,2-3,6,12H2,1H3,(H,13,14). The van der Waals surface area contributed by atoms with Crippen LogP contribution >= 0.6 is 0 Å². The van der Waals surface area contributed by atoms with Crippen LogP contribution in [0, 0.1) is 0 Å². The third-order valence-corrected chi connectivity index (χ3v) is 2.47. The number of nitrogens with zero attached hydrogens (tertiary/aromatic N) is 1. The first-order chi connectivity index (χ1) is 7.35. The molecule has 2 aromatic rings. The molecule has 0 atom stereocenters. The predicted octanol–water partition coefficient (Wildman–Crippen LogP) is 1.46. The number of H-pyrrole nitrogens is 1. The number of nitrogens with two attached hydrogens (primary N) is 1. The van der Waals surface area contributed by atoms with E-state index in [0.717, 1.165) is 35.2 Å². The van der Waals surface area contributed by atoms with Crippen LogP contribution in [0.4, 0.5) is 0 Å². The number of benzene rings is 1. The van der Waals surface area contributed by atoms with Crippen molar-refractivity contribution in [2.75, 3.05) is 13.7 Å². The number of ether oxygens (including phenoxy) is 1. The van der Waals surface area contributed by atoms with Crippen molar-refractivity contribution in [1.82, 2.24) is 10.2 Å². The van der Waals surface area contributed by atoms with Crippen molar-refractivity contribution in [2.45, 2.75) is 12.8 Å². The van der Waals surface area contributed by atoms with Gasteiger partial charge in [-0.3, -0.25) is 5.10 Å². The molecule has 0 aliphatic carbocycles. The van der Waals surface area contributed by atoms with Crippen LogP contribution in [0.1, 0.15) is 12.1 Å². The summed E-state index contributed by atoms with van der Waals surface area (Å²) in [4.78, 5) is 0. The molecule has 0 radical (unpaired) electrons. The highest BCUT2D eigenvalue weighted by molar-refractivity contribution is 5.82. The van der Waals surface area contributed by atoms with E-state index in [1.807, 2.05) is 18.2 Å². The lowest BCUT2D eigenvalue weighted by molar-refractivity contribution is 0.415. The number of aromatic nitrogens is 2. The van der Waals surface area contributed by atoms with Crippen molar-refractivity contribution in [2.24, 2.45) is 5.73 Å². The second-order valence-corrected chi connectivity index (χ2v) is 3.48. The second kappa shape index (κ2) is 4.31. The first-order valence-corrected chi connectivity index (χ1v) is 5.06. The molecular weight excluding hydrogens is 190 g/mol. The van der Waals surface area contributed by atoms with Gasteiger partial charge in [-0.2, -0.15) is 5.10 Å². The molecule has 4 heteroatoms. The fraction of sp³-hybridized carbons (Fsp3) is 0.364. The topological polar surface area (TPSA) is 63.9 Å². The number of nitrogens with one attached hydrogen (secondary N) is 1. The van der Waals surface area contributed by atoms with E-state index in [9.17, 15) is 0 Å². The van der Waals surface area contributed by atoms with Crippen LogP contribution in [-0.2, 0) is 6.42 Å². The molecule has 0 saturated carbocycles. The summed E-state index contributed by atoms with van der Waals surface area (Å²) < 4.78 is 5.14. The molecule has 2 rings (SSSR count). The van der Waals surface area contributed by atoms with Gasteiger partial charge in [0.05, 0.1) is 12.6 Å². The molecule has 1 heterocycles. The van der Waals surface area contributed by atoms with Crippen LogP contribution in [0.2, 0.25) is 0 Å². The molecule has 3 N–H and O–H groups in total. The first-order valence-electron chi connectivity index (χ1n) is 5.06. The Morgan fingerprint density at radius 1 is 1.47 bits per heavy atom. The molecule has 80 valence electrons. The van der Waals surface area contributed by atoms with Crippen LogP contribution in [0.25, 0.3) is 10.9 Å². The van der Waals surface area contributed by atoms with Crippen LogP contribution in [0.15, 0.2) is 18.2 Å². The molecule has 1 aromatic heterocycles. The van der Waals surface area contributed by atoms with Crippen molar-refractivity contribution < 1.29 is 4.74 Å². The van der Waals surface area contributed by atoms with Gasteiger partial charge in [0.15, 0.2) is 0 Å². The average Bonchev–Trinajstić information content (AvgIpc) is 2.68. The summed E-state index contributed by atoms with van der Waals surface area (Å²) in [7, 11) is 1.66. The van der Waals surface area contributed by atoms with E-state index in [1.165, 1.54) is 0 Å². The summed E-state index contributed by atoms with van der Waals surface area (Å²) >= 11 is 0. The fourth-order valence-corrected chi connectivity index (χ4v) is 1.64. The van der Waals surface area contributed by atoms with Crippen molar-refractivity contribution in [3.05, 3.63) is 23.9 Å². The Balaban J connectivity index is 2.34. The van der Waals surface area contributed by atoms with E-state index in [1.54, 1.807) is 7.11 Å². The van der Waals surface area contributed by atoms with Crippen LogP contribution < -0.4 is 10.5 Å². The van der Waals surface area contributed by atoms with E-state index >= 15 is 0 Å². The van der Waals surface area contributed by atoms with Gasteiger partial charge in [-0.1, -0.05) is 0 Å². The zero-order valence-electron chi connectivity index (χ0n) is 8.79. The van der Waals surface area contributed by atoms with Gasteiger partial charge < -0.3 is 10.5 Å². The maximum absolute atomic E-state index is 5.48. The minimum Gasteiger partial charge on any atom is -0.497 e. The van der Waals surface area contributed by atoms with Gasteiger partial charge in [-0.25, -0.2) is 0 Å². The van der Waals surface area contributed by atoms with Crippen molar-refractivity contribution in [1.29, 1.82) is 0 Å². The molecule has 0 unspecified atom stereocenters. The third-order valence-electron chi connectivity index (χ3n) is 2.47. The molecular formula is C11H15N3O. The molecule has 4 nitrogen and oxygen atoms in total. The normalized spacial score (nSPS) is 10.8. The molecule has 0 saturated heterocycles. The lowest BCUT2D eigenvalue weighted by atomic mass is 10.1. The Labute approximate surface area is 88.4 Å². The van der Waals surface area contributed by atoms with Gasteiger partial charge in [0.1, 0.15) is 5.75 Å². The lowest BCUT2D eigenvalue weighted by Gasteiger charge is -1.99. The molecule has 15 heavy (non-hydrogen) atoms. The van der Waals surface area contributed by atoms with E-state index in [4.69, 9.17) is 10.5 Å². The number of rotatable bonds is 4. The molecule has 0 amide bonds. The number of methoxy groups -OCH3 is 1. The van der Waals surface area contributed by atoms with Crippen LogP contribution in [0.5, 0.6) is 5.75 Å². The molecule has 0 spiro atoms. The van der Waals surface area contributed by atoms with E-state index in [-0.39, 0.29) is 0 Å². The van der Waals surface area contributed by atoms with Gasteiger partial charge in [-0.15, -0.1) is 0 Å². The third kappa shape index (κ3) is 1.94. The monoisotopic (exact) mass is 205 g/mol. The molecule has 0 aliphatic rings. The van der Waals surface area contributed by atoms with E-state index < -0.39 is 0 Å². The highest BCUT2D eigenvalue weighted by atomic mass is 16.5. The van der Waals surface area contributed by atoms with Gasteiger partial charge in [0.2, 0.25) is 0 Å². The maximum atomic E-state index is 5.48. The van der Waals surface area contributed by atoms with Crippen LogP contribution in [-0.4, -0.2) is 23.9 Å². The highest BCUT2D eigenvalue weighted by Crippen LogP contribution is 2.21. The summed E-state index contributed by atoms with van der Waals surface area (Å²) in [5, 5.41) is 8.43. The number of aryl methyl sites for hydroxylation is 1. The summed E-state index contributed by atoms with van der Waals surface area (Å²) in [6.07, 6.45) is 1.92. The van der Waals surface area contributed by atoms with E-state index in [0.29, 0.717) is 6.54 Å². The van der Waals surface area contributed by atoms with Gasteiger partial charge >= 0.3 is 0 Å². The minimum absolute atomic E-state index is 0.705. The van der Waals surface area contributed by atoms with Gasteiger partial charge in [0.25, 0.3) is 0 Å². The minimum atomic E-state index is 0.705. The van der Waals surface area contributed by atoms with Crippen molar-refractivity contribution in [3.63, 3.8) is 0 Å². The zero-order valence-corrected chi connectivity index (χ0v) is 8.79. The maximum Gasteiger partial charge on any atom is 0.121 e. The largest absolute Gasteiger partial charge is 0.497 e. The predicted molar refractivity (Wildman–Crippen MR) is 60.0 cm³/mol. The number of fused-ring (bicyclic) bond motifs is 1. The Morgan fingerprint density at radius 3 is 3.07 bits per heavy atom. The quantitative estimate of drug-likeness (QED) is 0.794. The van der Waals surface area contributed by atoms with E-state index in [2.05, 4.69) is 10.2 Å². The first kappa shape index (κ1) is 9.98. The molecule has 1 aromatic carbocycles. The molecule has 0 aliphatic heterocycles. The van der Waals surface area contributed by atoms with Crippen molar-refractivity contribution in [3.8, 4) is 5.75 Å². The lowest BCUT2D eigenvalue weighted by Crippen LogP contribution is -2.00. The summed E-state index contributed by atoms with van der Waals surface area (Å²) in [6.45, 7) is 0.705. The number of aromatic amines is 1. The number of hydrogen-bond donors (Lipinski definition) is 2. The van der Waals surface area contributed by atoms with Crippen LogP contribution in [0.3, 0.4) is 0 Å². The zero-order chi connectivity index (χ0) is 10.7. The molecule has 0 fully saturated rings. The Morgan fingerprint density at radius 2 is 2.33 bits per heavy atom. The Hall–Kier alpha value is -1.55. The Kier molecular flexibility index (Phi) is 2.87. The summed E-state index contributed by atoms with van der Waals surface area (Å²) in [5.74, 6) is 0.833. The smallest absolute Gasteiger partial charge is 0.121 e. The Bertz CT molecular complexity index is 450. The summed E-state index contributed by atoms with van der Waals surface area (Å²) in [6, 6.07) is 5.91. The van der Waals surface area contributed by atoms with Gasteiger partial charge in [0, 0.05) is 17.1 Å². The second-order valence-electron chi connectivity index (χ2n) is 3.48. The average molecular weight is 205 g/mol. The summed E-state index contributed by atoms with van der Waals surface area (Å²) in [5.41, 5.74) is 7.58. The fourth-order valence-electron chi connectivity index (χ4n) is 1.64. The SMILES string of the molecule is COc1ccc2c(CCCN)[nH]nc2c1. The molecule has 0 bridgehead atoms. The highest BCUT2D eigenvalue weighted by Gasteiger charge is 2.05. The van der Waals surface area contributed by atoms with Crippen molar-refractivity contribution >= 4 is 10.9 Å².